The van der Waals surface area contributed by atoms with Gasteiger partial charge in [-0.05, 0) is 53.0 Å². The Bertz CT molecular complexity index is 677. The van der Waals surface area contributed by atoms with E-state index in [9.17, 15) is 14.9 Å². The Hall–Kier alpha value is -1.73. The molecule has 1 amide bonds. The molecule has 0 unspecified atom stereocenters. The zero-order chi connectivity index (χ0) is 14.9. The predicted molar refractivity (Wildman–Crippen MR) is 82.5 cm³/mol. The fraction of sp³-hybridized carbons (Fsp3) is 0.154. The predicted octanol–water partition coefficient (Wildman–Crippen LogP) is 4.29. The Labute approximate surface area is 127 Å². The van der Waals surface area contributed by atoms with E-state index in [1.54, 1.807) is 25.1 Å². The summed E-state index contributed by atoms with van der Waals surface area (Å²) in [6.07, 6.45) is 0. The molecule has 2 rings (SSSR count). The van der Waals surface area contributed by atoms with Crippen molar-refractivity contribution in [3.05, 3.63) is 54.2 Å². The maximum absolute atomic E-state index is 12.1. The second-order valence-corrected chi connectivity index (χ2v) is 6.67. The highest BCUT2D eigenvalue weighted by molar-refractivity contribution is 9.11. The van der Waals surface area contributed by atoms with Gasteiger partial charge >= 0.3 is 0 Å². The van der Waals surface area contributed by atoms with Gasteiger partial charge in [0.15, 0.2) is 0 Å². The number of rotatable bonds is 3. The van der Waals surface area contributed by atoms with Crippen molar-refractivity contribution in [1.29, 1.82) is 0 Å². The first-order chi connectivity index (χ1) is 9.38. The van der Waals surface area contributed by atoms with Crippen molar-refractivity contribution in [2.24, 2.45) is 0 Å². The first-order valence-electron chi connectivity index (χ1n) is 5.71. The highest BCUT2D eigenvalue weighted by Crippen LogP contribution is 2.30. The molecular weight excluding hydrogens is 344 g/mol. The fourth-order valence-electron chi connectivity index (χ4n) is 1.65. The van der Waals surface area contributed by atoms with Gasteiger partial charge in [0.2, 0.25) is 0 Å². The van der Waals surface area contributed by atoms with Crippen molar-refractivity contribution in [3.8, 4) is 0 Å². The average molecular weight is 355 g/mol. The largest absolute Gasteiger partial charge is 0.316 e. The van der Waals surface area contributed by atoms with Crippen LogP contribution in [0.5, 0.6) is 0 Å². The molecule has 0 aliphatic rings. The molecular formula is C13H11BrN2O3S. The highest BCUT2D eigenvalue weighted by Gasteiger charge is 2.18. The molecule has 1 aromatic heterocycles. The third-order valence-electron chi connectivity index (χ3n) is 2.68. The summed E-state index contributed by atoms with van der Waals surface area (Å²) in [4.78, 5) is 23.1. The number of hydrogen-bond donors (Lipinski definition) is 1. The maximum atomic E-state index is 12.1. The number of benzene rings is 1. The molecule has 0 spiro atoms. The van der Waals surface area contributed by atoms with Gasteiger partial charge < -0.3 is 5.32 Å². The minimum absolute atomic E-state index is 0.106. The molecule has 1 aromatic carbocycles. The second-order valence-electron chi connectivity index (χ2n) is 4.30. The summed E-state index contributed by atoms with van der Waals surface area (Å²) in [7, 11) is 0. The Morgan fingerprint density at radius 3 is 2.60 bits per heavy atom. The standard InChI is InChI=1S/C13H11BrN2O3S/c1-7-3-4-9(10(5-7)16(18)19)15-13(17)11-6-8(2)12(14)20-11/h3-6H,1-2H3,(H,15,17). The molecule has 2 aromatic rings. The molecule has 0 saturated carbocycles. The van der Waals surface area contributed by atoms with E-state index in [2.05, 4.69) is 21.2 Å². The molecule has 7 heteroatoms. The maximum Gasteiger partial charge on any atom is 0.293 e. The van der Waals surface area contributed by atoms with Crippen LogP contribution in [0.1, 0.15) is 20.8 Å². The van der Waals surface area contributed by atoms with E-state index in [0.717, 1.165) is 14.9 Å². The summed E-state index contributed by atoms with van der Waals surface area (Å²) < 4.78 is 0.876. The quantitative estimate of drug-likeness (QED) is 0.660. The first kappa shape index (κ1) is 14.7. The van der Waals surface area contributed by atoms with Crippen LogP contribution in [0.25, 0.3) is 0 Å². The number of thiophene rings is 1. The van der Waals surface area contributed by atoms with Crippen molar-refractivity contribution in [1.82, 2.24) is 0 Å². The normalized spacial score (nSPS) is 10.3. The molecule has 0 fully saturated rings. The van der Waals surface area contributed by atoms with Crippen molar-refractivity contribution in [2.75, 3.05) is 5.32 Å². The van der Waals surface area contributed by atoms with Crippen LogP contribution >= 0.6 is 27.3 Å². The number of carbonyl (C=O) groups is 1. The van der Waals surface area contributed by atoms with Gasteiger partial charge in [-0.15, -0.1) is 11.3 Å². The fourth-order valence-corrected chi connectivity index (χ4v) is 3.08. The number of carbonyl (C=O) groups excluding carboxylic acids is 1. The summed E-state index contributed by atoms with van der Waals surface area (Å²) in [6, 6.07) is 6.44. The molecule has 1 heterocycles. The number of amides is 1. The number of aryl methyl sites for hydroxylation is 2. The van der Waals surface area contributed by atoms with Crippen molar-refractivity contribution >= 4 is 44.5 Å². The lowest BCUT2D eigenvalue weighted by Gasteiger charge is -2.05. The monoisotopic (exact) mass is 354 g/mol. The molecule has 0 aliphatic carbocycles. The third-order valence-corrected chi connectivity index (χ3v) is 4.81. The molecule has 0 aliphatic heterocycles. The summed E-state index contributed by atoms with van der Waals surface area (Å²) in [5.41, 5.74) is 1.82. The molecule has 5 nitrogen and oxygen atoms in total. The minimum atomic E-state index is -0.502. The topological polar surface area (TPSA) is 72.2 Å². The average Bonchev–Trinajstić information content (AvgIpc) is 2.71. The van der Waals surface area contributed by atoms with Gasteiger partial charge in [-0.2, -0.15) is 0 Å². The van der Waals surface area contributed by atoms with Gasteiger partial charge in [0.05, 0.1) is 13.6 Å². The van der Waals surface area contributed by atoms with Gasteiger partial charge in [-0.3, -0.25) is 14.9 Å². The lowest BCUT2D eigenvalue weighted by atomic mass is 10.2. The van der Waals surface area contributed by atoms with Gasteiger partial charge in [0.1, 0.15) is 5.69 Å². The van der Waals surface area contributed by atoms with Crippen LogP contribution in [0.2, 0.25) is 0 Å². The lowest BCUT2D eigenvalue weighted by molar-refractivity contribution is -0.384. The van der Waals surface area contributed by atoms with Gasteiger partial charge in [-0.25, -0.2) is 0 Å². The number of nitrogens with one attached hydrogen (secondary N) is 1. The van der Waals surface area contributed by atoms with Crippen LogP contribution in [-0.2, 0) is 0 Å². The van der Waals surface area contributed by atoms with E-state index < -0.39 is 4.92 Å². The van der Waals surface area contributed by atoms with Crippen LogP contribution in [0.3, 0.4) is 0 Å². The Balaban J connectivity index is 2.30. The van der Waals surface area contributed by atoms with E-state index in [1.165, 1.54) is 17.4 Å². The van der Waals surface area contributed by atoms with Crippen LogP contribution in [-0.4, -0.2) is 10.8 Å². The molecule has 0 radical (unpaired) electrons. The van der Waals surface area contributed by atoms with Crippen LogP contribution in [0, 0.1) is 24.0 Å². The van der Waals surface area contributed by atoms with E-state index in [1.807, 2.05) is 6.92 Å². The molecule has 0 bridgehead atoms. The number of halogens is 1. The number of anilines is 1. The van der Waals surface area contributed by atoms with Crippen LogP contribution < -0.4 is 5.32 Å². The molecule has 0 saturated heterocycles. The molecule has 20 heavy (non-hydrogen) atoms. The molecule has 104 valence electrons. The van der Waals surface area contributed by atoms with Crippen LogP contribution in [0.15, 0.2) is 28.1 Å². The Morgan fingerprint density at radius 2 is 2.05 bits per heavy atom. The SMILES string of the molecule is Cc1ccc(NC(=O)c2cc(C)c(Br)s2)c([N+](=O)[O-])c1. The summed E-state index contributed by atoms with van der Waals surface area (Å²) in [5, 5.41) is 13.6. The number of hydrogen-bond acceptors (Lipinski definition) is 4. The van der Waals surface area contributed by atoms with E-state index >= 15 is 0 Å². The van der Waals surface area contributed by atoms with Gasteiger partial charge in [-0.1, -0.05) is 6.07 Å². The minimum Gasteiger partial charge on any atom is -0.316 e. The summed E-state index contributed by atoms with van der Waals surface area (Å²) in [6.45, 7) is 3.64. The second kappa shape index (κ2) is 5.72. The van der Waals surface area contributed by atoms with E-state index in [-0.39, 0.29) is 17.3 Å². The number of nitro benzene ring substituents is 1. The Kier molecular flexibility index (Phi) is 4.20. The summed E-state index contributed by atoms with van der Waals surface area (Å²) in [5.74, 6) is -0.351. The highest BCUT2D eigenvalue weighted by atomic mass is 79.9. The first-order valence-corrected chi connectivity index (χ1v) is 7.31. The van der Waals surface area contributed by atoms with Crippen LogP contribution in [0.4, 0.5) is 11.4 Å². The molecule has 0 atom stereocenters. The van der Waals surface area contributed by atoms with Gasteiger partial charge in [0, 0.05) is 6.07 Å². The molecule has 1 N–H and O–H groups in total. The zero-order valence-electron chi connectivity index (χ0n) is 10.8. The van der Waals surface area contributed by atoms with Gasteiger partial charge in [0.25, 0.3) is 11.6 Å². The number of nitro groups is 1. The third kappa shape index (κ3) is 3.05. The van der Waals surface area contributed by atoms with Crippen molar-refractivity contribution in [3.63, 3.8) is 0 Å². The zero-order valence-corrected chi connectivity index (χ0v) is 13.2. The van der Waals surface area contributed by atoms with E-state index in [0.29, 0.717) is 4.88 Å². The van der Waals surface area contributed by atoms with E-state index in [4.69, 9.17) is 0 Å². The smallest absolute Gasteiger partial charge is 0.293 e. The summed E-state index contributed by atoms with van der Waals surface area (Å²) >= 11 is 4.64. The Morgan fingerprint density at radius 1 is 1.35 bits per heavy atom. The number of nitrogens with zero attached hydrogens (tertiary/aromatic N) is 1. The van der Waals surface area contributed by atoms with Crippen molar-refractivity contribution in [2.45, 2.75) is 13.8 Å². The van der Waals surface area contributed by atoms with Crippen molar-refractivity contribution < 1.29 is 9.72 Å². The lowest BCUT2D eigenvalue weighted by Crippen LogP contribution is -2.11.